The van der Waals surface area contributed by atoms with Crippen LogP contribution in [0.4, 0.5) is 10.3 Å². The van der Waals surface area contributed by atoms with Crippen LogP contribution >= 0.6 is 24.2 Å². The highest BCUT2D eigenvalue weighted by Crippen LogP contribution is 2.29. The summed E-state index contributed by atoms with van der Waals surface area (Å²) in [5, 5.41) is 3.29. The van der Waals surface area contributed by atoms with E-state index in [1.54, 1.807) is 24.5 Å². The molecule has 3 rings (SSSR count). The minimum absolute atomic E-state index is 0. The molecule has 0 atom stereocenters. The Morgan fingerprint density at radius 1 is 1.10 bits per heavy atom. The van der Waals surface area contributed by atoms with Gasteiger partial charge in [0.1, 0.15) is 5.82 Å². The summed E-state index contributed by atoms with van der Waals surface area (Å²) in [6.07, 6.45) is 3.50. The van der Waals surface area contributed by atoms with Crippen LogP contribution in [0.3, 0.4) is 0 Å². The Balaban J connectivity index is 0.00000161. The minimum atomic E-state index is -0.219. The van der Waals surface area contributed by atoms with Gasteiger partial charge in [-0.25, -0.2) is 14.4 Å². The number of rotatable bonds is 3. The molecule has 0 unspecified atom stereocenters. The zero-order valence-electron chi connectivity index (χ0n) is 11.3. The molecule has 0 bridgehead atoms. The average Bonchev–Trinajstić information content (AvgIpc) is 2.51. The fourth-order valence-corrected chi connectivity index (χ4v) is 2.82. The smallest absolute Gasteiger partial charge is 0.225 e. The molecule has 1 aromatic carbocycles. The molecular weight excluding hydrogens is 311 g/mol. The number of benzene rings is 1. The van der Waals surface area contributed by atoms with E-state index in [1.165, 1.54) is 17.8 Å². The van der Waals surface area contributed by atoms with Gasteiger partial charge in [0, 0.05) is 48.4 Å². The Labute approximate surface area is 133 Å². The maximum Gasteiger partial charge on any atom is 0.225 e. The molecule has 1 aliphatic rings. The molecule has 0 aliphatic carbocycles. The quantitative estimate of drug-likeness (QED) is 0.939. The van der Waals surface area contributed by atoms with E-state index in [9.17, 15) is 4.39 Å². The topological polar surface area (TPSA) is 41.1 Å². The third-order valence-electron chi connectivity index (χ3n) is 3.08. The van der Waals surface area contributed by atoms with Gasteiger partial charge in [-0.1, -0.05) is 23.9 Å². The number of nitrogens with zero attached hydrogens (tertiary/aromatic N) is 3. The molecular formula is C14H16ClFN4S. The molecule has 0 saturated carbocycles. The van der Waals surface area contributed by atoms with Crippen LogP contribution in [0.1, 0.15) is 0 Å². The van der Waals surface area contributed by atoms with Crippen molar-refractivity contribution in [2.45, 2.75) is 9.79 Å². The second kappa shape index (κ2) is 7.59. The average molecular weight is 327 g/mol. The van der Waals surface area contributed by atoms with E-state index in [0.29, 0.717) is 4.90 Å². The number of hydrogen-bond acceptors (Lipinski definition) is 5. The maximum absolute atomic E-state index is 13.6. The first kappa shape index (κ1) is 16.0. The van der Waals surface area contributed by atoms with Gasteiger partial charge in [0.05, 0.1) is 0 Å². The molecule has 0 radical (unpaired) electrons. The number of nitrogens with one attached hydrogen (secondary N) is 1. The fourth-order valence-electron chi connectivity index (χ4n) is 2.04. The second-order valence-electron chi connectivity index (χ2n) is 4.49. The summed E-state index contributed by atoms with van der Waals surface area (Å²) in [5.41, 5.74) is 0. The van der Waals surface area contributed by atoms with Crippen molar-refractivity contribution in [2.24, 2.45) is 0 Å². The van der Waals surface area contributed by atoms with Crippen molar-refractivity contribution in [1.29, 1.82) is 0 Å². The summed E-state index contributed by atoms with van der Waals surface area (Å²) in [6, 6.07) is 6.72. The summed E-state index contributed by atoms with van der Waals surface area (Å²) < 4.78 is 13.6. The normalized spacial score (nSPS) is 14.6. The lowest BCUT2D eigenvalue weighted by atomic mass is 10.3. The van der Waals surface area contributed by atoms with Gasteiger partial charge >= 0.3 is 0 Å². The maximum atomic E-state index is 13.6. The monoisotopic (exact) mass is 326 g/mol. The molecule has 0 spiro atoms. The fraction of sp³-hybridized carbons (Fsp3) is 0.286. The molecule has 1 N–H and O–H groups in total. The molecule has 2 heterocycles. The first-order chi connectivity index (χ1) is 9.83. The van der Waals surface area contributed by atoms with Gasteiger partial charge in [-0.05, 0) is 12.1 Å². The van der Waals surface area contributed by atoms with E-state index in [2.05, 4.69) is 20.2 Å². The molecule has 1 fully saturated rings. The van der Waals surface area contributed by atoms with Crippen LogP contribution in [0.2, 0.25) is 0 Å². The molecule has 1 saturated heterocycles. The Morgan fingerprint density at radius 3 is 2.43 bits per heavy atom. The lowest BCUT2D eigenvalue weighted by Gasteiger charge is -2.27. The van der Waals surface area contributed by atoms with Crippen LogP contribution in [0.25, 0.3) is 0 Å². The predicted molar refractivity (Wildman–Crippen MR) is 84.9 cm³/mol. The Kier molecular flexibility index (Phi) is 5.78. The van der Waals surface area contributed by atoms with E-state index >= 15 is 0 Å². The van der Waals surface area contributed by atoms with Gasteiger partial charge in [0.2, 0.25) is 5.95 Å². The molecule has 2 aromatic rings. The van der Waals surface area contributed by atoms with E-state index in [4.69, 9.17) is 0 Å². The molecule has 0 amide bonds. The Hall–Kier alpha value is -1.37. The van der Waals surface area contributed by atoms with Gasteiger partial charge in [-0.3, -0.25) is 0 Å². The number of hydrogen-bond donors (Lipinski definition) is 1. The Morgan fingerprint density at radius 2 is 1.76 bits per heavy atom. The van der Waals surface area contributed by atoms with E-state index < -0.39 is 0 Å². The van der Waals surface area contributed by atoms with Gasteiger partial charge in [0.25, 0.3) is 0 Å². The van der Waals surface area contributed by atoms with Crippen LogP contribution in [0.5, 0.6) is 0 Å². The summed E-state index contributed by atoms with van der Waals surface area (Å²) in [4.78, 5) is 12.3. The first-order valence-corrected chi connectivity index (χ1v) is 7.35. The predicted octanol–water partition coefficient (Wildman–Crippen LogP) is 2.60. The molecule has 1 aromatic heterocycles. The summed E-state index contributed by atoms with van der Waals surface area (Å²) in [7, 11) is 0. The second-order valence-corrected chi connectivity index (χ2v) is 5.60. The van der Waals surface area contributed by atoms with Crippen molar-refractivity contribution < 1.29 is 4.39 Å². The van der Waals surface area contributed by atoms with Crippen molar-refractivity contribution in [2.75, 3.05) is 31.1 Å². The van der Waals surface area contributed by atoms with Crippen molar-refractivity contribution in [3.8, 4) is 0 Å². The largest absolute Gasteiger partial charge is 0.338 e. The third-order valence-corrected chi connectivity index (χ3v) is 4.08. The number of halogens is 2. The van der Waals surface area contributed by atoms with Gasteiger partial charge < -0.3 is 10.2 Å². The SMILES string of the molecule is Cl.Fc1ccccc1Sc1cnc(N2CCNCC2)nc1. The Bertz CT molecular complexity index is 575. The lowest BCUT2D eigenvalue weighted by molar-refractivity contribution is 0.579. The van der Waals surface area contributed by atoms with Gasteiger partial charge in [-0.15, -0.1) is 12.4 Å². The van der Waals surface area contributed by atoms with Crippen LogP contribution in [0, 0.1) is 5.82 Å². The molecule has 1 aliphatic heterocycles. The van der Waals surface area contributed by atoms with E-state index in [0.717, 1.165) is 37.0 Å². The molecule has 112 valence electrons. The number of piperazine rings is 1. The van der Waals surface area contributed by atoms with Gasteiger partial charge in [-0.2, -0.15) is 0 Å². The van der Waals surface area contributed by atoms with Crippen molar-refractivity contribution >= 4 is 30.1 Å². The number of anilines is 1. The standard InChI is InChI=1S/C14H15FN4S.ClH/c15-12-3-1-2-4-13(12)20-11-9-17-14(18-10-11)19-7-5-16-6-8-19;/h1-4,9-10,16H,5-8H2;1H. The highest BCUT2D eigenvalue weighted by Gasteiger charge is 2.13. The van der Waals surface area contributed by atoms with Crippen LogP contribution in [-0.4, -0.2) is 36.1 Å². The highest BCUT2D eigenvalue weighted by atomic mass is 35.5. The zero-order chi connectivity index (χ0) is 13.8. The molecule has 4 nitrogen and oxygen atoms in total. The third kappa shape index (κ3) is 4.06. The first-order valence-electron chi connectivity index (χ1n) is 6.53. The van der Waals surface area contributed by atoms with Crippen molar-refractivity contribution in [1.82, 2.24) is 15.3 Å². The zero-order valence-corrected chi connectivity index (χ0v) is 13.0. The number of aromatic nitrogens is 2. The van der Waals surface area contributed by atoms with E-state index in [-0.39, 0.29) is 18.2 Å². The van der Waals surface area contributed by atoms with Crippen LogP contribution in [0.15, 0.2) is 46.5 Å². The van der Waals surface area contributed by atoms with E-state index in [1.807, 2.05) is 6.07 Å². The lowest BCUT2D eigenvalue weighted by Crippen LogP contribution is -2.44. The molecule has 21 heavy (non-hydrogen) atoms. The van der Waals surface area contributed by atoms with Crippen molar-refractivity contribution in [3.63, 3.8) is 0 Å². The summed E-state index contributed by atoms with van der Waals surface area (Å²) in [5.74, 6) is 0.521. The van der Waals surface area contributed by atoms with Crippen LogP contribution < -0.4 is 10.2 Å². The summed E-state index contributed by atoms with van der Waals surface area (Å²) >= 11 is 1.34. The highest BCUT2D eigenvalue weighted by molar-refractivity contribution is 7.99. The van der Waals surface area contributed by atoms with Crippen molar-refractivity contribution in [3.05, 3.63) is 42.5 Å². The molecule has 7 heteroatoms. The van der Waals surface area contributed by atoms with Crippen LogP contribution in [-0.2, 0) is 0 Å². The van der Waals surface area contributed by atoms with Gasteiger partial charge in [0.15, 0.2) is 0 Å². The summed E-state index contributed by atoms with van der Waals surface area (Å²) in [6.45, 7) is 3.74. The minimum Gasteiger partial charge on any atom is -0.338 e.